The highest BCUT2D eigenvalue weighted by Crippen LogP contribution is 2.47. The van der Waals surface area contributed by atoms with Gasteiger partial charge in [0.2, 0.25) is 0 Å². The molecule has 2 heterocycles. The smallest absolute Gasteiger partial charge is 0.167 e. The summed E-state index contributed by atoms with van der Waals surface area (Å²) < 4.78 is 6.39. The number of hydrogen-bond donors (Lipinski definition) is 2. The van der Waals surface area contributed by atoms with Crippen LogP contribution in [0.5, 0.6) is 11.5 Å². The molecule has 7 nitrogen and oxygen atoms in total. The van der Waals surface area contributed by atoms with E-state index in [0.29, 0.717) is 38.8 Å². The zero-order valence-electron chi connectivity index (χ0n) is 16.0. The lowest BCUT2D eigenvalue weighted by molar-refractivity contribution is 0.341. The fraction of sp³-hybridized carbons (Fsp3) is 0.0909. The zero-order chi connectivity index (χ0) is 20.9. The van der Waals surface area contributed by atoms with E-state index in [4.69, 9.17) is 10.00 Å². The van der Waals surface area contributed by atoms with E-state index in [1.54, 1.807) is 30.5 Å². The standard InChI is InChI=1S/C22H17N5O2S/c1-2-29-17-6-4-3-5-16(17)20-19(28)18-21(30-20)22(25-13-24-18)27-26-12-15-9-7-14(11-23)8-10-15/h3-10,12-13,28H,2H2,1H3,(H,24,25,27)/b26-12+. The lowest BCUT2D eigenvalue weighted by atomic mass is 10.1. The van der Waals surface area contributed by atoms with Crippen LogP contribution in [-0.4, -0.2) is 27.9 Å². The molecule has 0 saturated heterocycles. The van der Waals surface area contributed by atoms with Gasteiger partial charge in [-0.1, -0.05) is 24.3 Å². The van der Waals surface area contributed by atoms with Crippen molar-refractivity contribution in [2.24, 2.45) is 5.10 Å². The molecule has 2 aromatic heterocycles. The number of hydrogen-bond acceptors (Lipinski definition) is 8. The quantitative estimate of drug-likeness (QED) is 0.347. The second-order valence-corrected chi connectivity index (χ2v) is 7.23. The number of benzene rings is 2. The molecule has 4 aromatic rings. The van der Waals surface area contributed by atoms with Gasteiger partial charge in [-0.15, -0.1) is 11.3 Å². The second kappa shape index (κ2) is 8.59. The maximum atomic E-state index is 10.8. The van der Waals surface area contributed by atoms with Crippen LogP contribution in [0.15, 0.2) is 60.0 Å². The largest absolute Gasteiger partial charge is 0.504 e. The van der Waals surface area contributed by atoms with Gasteiger partial charge in [0.25, 0.3) is 0 Å². The van der Waals surface area contributed by atoms with Crippen molar-refractivity contribution in [3.05, 3.63) is 66.0 Å². The molecule has 0 fully saturated rings. The summed E-state index contributed by atoms with van der Waals surface area (Å²) in [4.78, 5) is 9.16. The number of ether oxygens (including phenoxy) is 1. The molecule has 2 N–H and O–H groups in total. The van der Waals surface area contributed by atoms with E-state index in [1.165, 1.54) is 17.7 Å². The minimum atomic E-state index is 0.0867. The van der Waals surface area contributed by atoms with Gasteiger partial charge in [0, 0.05) is 5.56 Å². The van der Waals surface area contributed by atoms with Gasteiger partial charge in [0.15, 0.2) is 11.6 Å². The van der Waals surface area contributed by atoms with E-state index < -0.39 is 0 Å². The number of aromatic nitrogens is 2. The van der Waals surface area contributed by atoms with Gasteiger partial charge in [-0.25, -0.2) is 9.97 Å². The van der Waals surface area contributed by atoms with Crippen LogP contribution < -0.4 is 10.2 Å². The number of anilines is 1. The third kappa shape index (κ3) is 3.79. The average molecular weight is 415 g/mol. The maximum Gasteiger partial charge on any atom is 0.167 e. The fourth-order valence-corrected chi connectivity index (χ4v) is 4.02. The molecule has 4 rings (SSSR count). The number of para-hydroxylation sites is 1. The molecule has 0 radical (unpaired) electrons. The Labute approximate surface area is 176 Å². The van der Waals surface area contributed by atoms with E-state index in [0.717, 1.165) is 11.1 Å². The van der Waals surface area contributed by atoms with Gasteiger partial charge in [-0.2, -0.15) is 10.4 Å². The molecule has 0 aliphatic heterocycles. The Balaban J connectivity index is 1.67. The highest BCUT2D eigenvalue weighted by molar-refractivity contribution is 7.23. The minimum Gasteiger partial charge on any atom is -0.504 e. The number of aromatic hydroxyl groups is 1. The SMILES string of the molecule is CCOc1ccccc1-c1sc2c(N/N=C/c3ccc(C#N)cc3)ncnc2c1O. The van der Waals surface area contributed by atoms with Crippen LogP contribution in [0.3, 0.4) is 0 Å². The molecule has 0 amide bonds. The summed E-state index contributed by atoms with van der Waals surface area (Å²) >= 11 is 1.37. The van der Waals surface area contributed by atoms with Crippen molar-refractivity contribution in [1.29, 1.82) is 5.26 Å². The van der Waals surface area contributed by atoms with Crippen molar-refractivity contribution in [1.82, 2.24) is 9.97 Å². The molecule has 0 spiro atoms. The number of nitrogens with zero attached hydrogens (tertiary/aromatic N) is 4. The first-order chi connectivity index (χ1) is 14.7. The summed E-state index contributed by atoms with van der Waals surface area (Å²) in [7, 11) is 0. The van der Waals surface area contributed by atoms with Crippen molar-refractivity contribution >= 4 is 33.6 Å². The first-order valence-electron chi connectivity index (χ1n) is 9.19. The van der Waals surface area contributed by atoms with Crippen LogP contribution >= 0.6 is 11.3 Å². The molecule has 30 heavy (non-hydrogen) atoms. The third-order valence-electron chi connectivity index (χ3n) is 4.30. The summed E-state index contributed by atoms with van der Waals surface area (Å²) in [5.41, 5.74) is 5.60. The predicted molar refractivity (Wildman–Crippen MR) is 118 cm³/mol. The van der Waals surface area contributed by atoms with Crippen LogP contribution in [-0.2, 0) is 0 Å². The first kappa shape index (κ1) is 19.4. The number of fused-ring (bicyclic) bond motifs is 1. The van der Waals surface area contributed by atoms with Gasteiger partial charge in [-0.3, -0.25) is 5.43 Å². The summed E-state index contributed by atoms with van der Waals surface area (Å²) in [5.74, 6) is 1.28. The van der Waals surface area contributed by atoms with Crippen LogP contribution in [0.1, 0.15) is 18.1 Å². The lowest BCUT2D eigenvalue weighted by Crippen LogP contribution is -1.94. The Morgan fingerprint density at radius 3 is 2.77 bits per heavy atom. The van der Waals surface area contributed by atoms with E-state index in [9.17, 15) is 5.11 Å². The fourth-order valence-electron chi connectivity index (χ4n) is 2.91. The minimum absolute atomic E-state index is 0.0867. The van der Waals surface area contributed by atoms with Crippen LogP contribution in [0.2, 0.25) is 0 Å². The molecular formula is C22H17N5O2S. The molecule has 0 saturated carbocycles. The van der Waals surface area contributed by atoms with Crippen molar-refractivity contribution in [3.8, 4) is 28.0 Å². The molecule has 8 heteroatoms. The van der Waals surface area contributed by atoms with Crippen molar-refractivity contribution in [2.75, 3.05) is 12.0 Å². The molecule has 0 bridgehead atoms. The van der Waals surface area contributed by atoms with Gasteiger partial charge < -0.3 is 9.84 Å². The Bertz CT molecular complexity index is 1260. The average Bonchev–Trinajstić information content (AvgIpc) is 3.12. The van der Waals surface area contributed by atoms with Crippen LogP contribution in [0.4, 0.5) is 5.82 Å². The predicted octanol–water partition coefficient (Wildman–Crippen LogP) is 4.78. The lowest BCUT2D eigenvalue weighted by Gasteiger charge is -2.08. The number of hydrazone groups is 1. The molecule has 0 aliphatic rings. The highest BCUT2D eigenvalue weighted by atomic mass is 32.1. The molecule has 0 atom stereocenters. The van der Waals surface area contributed by atoms with Crippen molar-refractivity contribution in [3.63, 3.8) is 0 Å². The third-order valence-corrected chi connectivity index (χ3v) is 5.51. The Morgan fingerprint density at radius 2 is 2.00 bits per heavy atom. The molecule has 2 aromatic carbocycles. The summed E-state index contributed by atoms with van der Waals surface area (Å²) in [6, 6.07) is 16.7. The molecule has 0 unspecified atom stereocenters. The highest BCUT2D eigenvalue weighted by Gasteiger charge is 2.19. The Hall–Kier alpha value is -3.96. The Kier molecular flexibility index (Phi) is 5.54. The second-order valence-electron chi connectivity index (χ2n) is 6.21. The van der Waals surface area contributed by atoms with E-state index >= 15 is 0 Å². The van der Waals surface area contributed by atoms with Crippen molar-refractivity contribution < 1.29 is 9.84 Å². The van der Waals surface area contributed by atoms with Gasteiger partial charge in [0.05, 0.1) is 29.3 Å². The van der Waals surface area contributed by atoms with E-state index in [1.807, 2.05) is 31.2 Å². The topological polar surface area (TPSA) is 103 Å². The Morgan fingerprint density at radius 1 is 1.20 bits per heavy atom. The zero-order valence-corrected chi connectivity index (χ0v) is 16.8. The van der Waals surface area contributed by atoms with Gasteiger partial charge in [0.1, 0.15) is 22.3 Å². The van der Waals surface area contributed by atoms with Crippen LogP contribution in [0, 0.1) is 11.3 Å². The number of thiophene rings is 1. The summed E-state index contributed by atoms with van der Waals surface area (Å²) in [5, 5.41) is 23.9. The monoisotopic (exact) mass is 415 g/mol. The summed E-state index contributed by atoms with van der Waals surface area (Å²) in [6.07, 6.45) is 3.01. The van der Waals surface area contributed by atoms with E-state index in [-0.39, 0.29) is 5.75 Å². The first-order valence-corrected chi connectivity index (χ1v) is 10.0. The normalized spacial score (nSPS) is 10.9. The number of nitrogens with one attached hydrogen (secondary N) is 1. The number of rotatable bonds is 6. The molecule has 148 valence electrons. The van der Waals surface area contributed by atoms with Crippen LogP contribution in [0.25, 0.3) is 20.7 Å². The molecule has 0 aliphatic carbocycles. The molecular weight excluding hydrogens is 398 g/mol. The maximum absolute atomic E-state index is 10.8. The van der Waals surface area contributed by atoms with E-state index in [2.05, 4.69) is 26.6 Å². The van der Waals surface area contributed by atoms with Gasteiger partial charge in [-0.05, 0) is 36.8 Å². The van der Waals surface area contributed by atoms with Crippen molar-refractivity contribution in [2.45, 2.75) is 6.92 Å². The number of nitriles is 1. The summed E-state index contributed by atoms with van der Waals surface area (Å²) in [6.45, 7) is 2.44. The van der Waals surface area contributed by atoms with Gasteiger partial charge >= 0.3 is 0 Å².